The fourth-order valence-electron chi connectivity index (χ4n) is 8.56. The predicted molar refractivity (Wildman–Crippen MR) is 292 cm³/mol. The van der Waals surface area contributed by atoms with E-state index in [-0.39, 0.29) is 19.4 Å². The minimum absolute atomic E-state index is 0.119. The summed E-state index contributed by atoms with van der Waals surface area (Å²) in [5, 5.41) is 56.7. The standard InChI is InChI=1S/C60H105NO10/c1-4-7-10-13-16-19-22-24-25-26-27-28-30-33-35-38-41-44-47-53(64)59(68)61-51(52(63)46-43-40-37-34-32-29-23-20-17-14-11-8-5-2)50-69-60-58(57(67)56(66)54(49-62)70-60)71-55(65)48-45-42-39-36-31-21-18-15-12-9-6-3/h7,10,16,19,24-25,27-28,33,35,43,46,51-54,56-58,60,62-64,66-67H,4-6,8-9,11-15,17-18,20-23,26,29-32,34,36-42,44-45,47-50H2,1-3H3,(H,61,68)/b10-7-,19-16-,25-24-,28-27-,35-33-,46-43+. The van der Waals surface area contributed by atoms with Gasteiger partial charge in [0.25, 0.3) is 0 Å². The lowest BCUT2D eigenvalue weighted by molar-refractivity contribution is -0.305. The first-order valence-electron chi connectivity index (χ1n) is 28.7. The van der Waals surface area contributed by atoms with E-state index in [1.165, 1.54) is 103 Å². The Morgan fingerprint density at radius 3 is 1.52 bits per heavy atom. The monoisotopic (exact) mass is 1000 g/mol. The molecule has 0 aromatic carbocycles. The highest BCUT2D eigenvalue weighted by atomic mass is 16.7. The van der Waals surface area contributed by atoms with Crippen LogP contribution in [0.2, 0.25) is 0 Å². The van der Waals surface area contributed by atoms with Crippen molar-refractivity contribution < 1.29 is 49.3 Å². The van der Waals surface area contributed by atoms with Gasteiger partial charge in [0.05, 0.1) is 25.4 Å². The molecule has 8 unspecified atom stereocenters. The number of carbonyl (C=O) groups is 2. The van der Waals surface area contributed by atoms with Crippen LogP contribution in [-0.4, -0.2) is 99.6 Å². The van der Waals surface area contributed by atoms with Crippen LogP contribution in [0.1, 0.15) is 233 Å². The number of aliphatic hydroxyl groups excluding tert-OH is 5. The number of hydrogen-bond donors (Lipinski definition) is 6. The molecule has 1 amide bonds. The molecule has 0 saturated carbocycles. The van der Waals surface area contributed by atoms with Crippen molar-refractivity contribution in [3.63, 3.8) is 0 Å². The highest BCUT2D eigenvalue weighted by molar-refractivity contribution is 5.80. The van der Waals surface area contributed by atoms with Crippen LogP contribution in [-0.2, 0) is 23.8 Å². The van der Waals surface area contributed by atoms with E-state index in [0.29, 0.717) is 12.8 Å². The van der Waals surface area contributed by atoms with Crippen molar-refractivity contribution >= 4 is 11.9 Å². The van der Waals surface area contributed by atoms with Gasteiger partial charge in [0, 0.05) is 6.42 Å². The Morgan fingerprint density at radius 2 is 1.01 bits per heavy atom. The van der Waals surface area contributed by atoms with Crippen LogP contribution >= 0.6 is 0 Å². The number of unbranched alkanes of at least 4 members (excludes halogenated alkanes) is 23. The molecule has 11 heteroatoms. The zero-order valence-corrected chi connectivity index (χ0v) is 45.1. The molecule has 0 radical (unpaired) electrons. The Labute approximate surface area is 432 Å². The van der Waals surface area contributed by atoms with E-state index >= 15 is 0 Å². The Hall–Kier alpha value is -2.90. The van der Waals surface area contributed by atoms with E-state index in [4.69, 9.17) is 14.2 Å². The zero-order chi connectivity index (χ0) is 51.8. The zero-order valence-electron chi connectivity index (χ0n) is 45.1. The second kappa shape index (κ2) is 48.1. The van der Waals surface area contributed by atoms with Crippen molar-refractivity contribution in [1.82, 2.24) is 5.32 Å². The van der Waals surface area contributed by atoms with Gasteiger partial charge in [-0.1, -0.05) is 229 Å². The molecule has 0 spiro atoms. The van der Waals surface area contributed by atoms with Crippen LogP contribution in [0.15, 0.2) is 72.9 Å². The molecule has 0 aromatic rings. The Morgan fingerprint density at radius 1 is 0.563 bits per heavy atom. The maximum absolute atomic E-state index is 13.4. The lowest BCUT2D eigenvalue weighted by atomic mass is 9.99. The van der Waals surface area contributed by atoms with Crippen LogP contribution in [0.3, 0.4) is 0 Å². The summed E-state index contributed by atoms with van der Waals surface area (Å²) in [6.07, 6.45) is 49.5. The smallest absolute Gasteiger partial charge is 0.306 e. The van der Waals surface area contributed by atoms with E-state index in [0.717, 1.165) is 83.5 Å². The van der Waals surface area contributed by atoms with Gasteiger partial charge in [0.1, 0.15) is 24.4 Å². The minimum atomic E-state index is -1.62. The van der Waals surface area contributed by atoms with Gasteiger partial charge in [0.2, 0.25) is 5.91 Å². The van der Waals surface area contributed by atoms with Gasteiger partial charge in [-0.3, -0.25) is 9.59 Å². The lowest BCUT2D eigenvalue weighted by Crippen LogP contribution is -2.61. The third kappa shape index (κ3) is 36.6. The number of nitrogens with one attached hydrogen (secondary N) is 1. The second-order valence-corrected chi connectivity index (χ2v) is 19.6. The predicted octanol–water partition coefficient (Wildman–Crippen LogP) is 12.8. The lowest BCUT2D eigenvalue weighted by Gasteiger charge is -2.41. The molecule has 1 aliphatic rings. The van der Waals surface area contributed by atoms with E-state index < -0.39 is 67.4 Å². The molecule has 8 atom stereocenters. The number of rotatable bonds is 47. The maximum Gasteiger partial charge on any atom is 0.306 e. The van der Waals surface area contributed by atoms with Gasteiger partial charge in [-0.15, -0.1) is 0 Å². The first-order chi connectivity index (χ1) is 34.7. The molecule has 0 bridgehead atoms. The Bertz CT molecular complexity index is 1430. The second-order valence-electron chi connectivity index (χ2n) is 19.6. The van der Waals surface area contributed by atoms with Gasteiger partial charge in [0.15, 0.2) is 12.4 Å². The first kappa shape index (κ1) is 66.1. The quantitative estimate of drug-likeness (QED) is 0.0196. The van der Waals surface area contributed by atoms with Crippen LogP contribution in [0.25, 0.3) is 0 Å². The fourth-order valence-corrected chi connectivity index (χ4v) is 8.56. The Kier molecular flexibility index (Phi) is 44.8. The summed E-state index contributed by atoms with van der Waals surface area (Å²) in [4.78, 5) is 26.4. The SMILES string of the molecule is CC/C=C\C/C=C\C/C=C\C/C=C\C/C=C\CCCCC(O)C(=O)NC(COC1OC(CO)C(O)C(O)C1OC(=O)CCCCCCCCCCCCC)C(O)/C=C/CCCCCCCCCCCCC. The van der Waals surface area contributed by atoms with Crippen LogP contribution in [0, 0.1) is 0 Å². The van der Waals surface area contributed by atoms with E-state index in [9.17, 15) is 35.1 Å². The average Bonchev–Trinajstić information content (AvgIpc) is 3.37. The fraction of sp³-hybridized carbons (Fsp3) is 0.767. The highest BCUT2D eigenvalue weighted by Gasteiger charge is 2.47. The van der Waals surface area contributed by atoms with Gasteiger partial charge in [-0.05, 0) is 70.6 Å². The van der Waals surface area contributed by atoms with Crippen molar-refractivity contribution in [2.24, 2.45) is 0 Å². The molecule has 1 heterocycles. The van der Waals surface area contributed by atoms with Crippen molar-refractivity contribution in [3.8, 4) is 0 Å². The molecule has 11 nitrogen and oxygen atoms in total. The summed E-state index contributed by atoms with van der Waals surface area (Å²) in [7, 11) is 0. The summed E-state index contributed by atoms with van der Waals surface area (Å²) >= 11 is 0. The number of esters is 1. The third-order valence-corrected chi connectivity index (χ3v) is 13.1. The highest BCUT2D eigenvalue weighted by Crippen LogP contribution is 2.26. The van der Waals surface area contributed by atoms with E-state index in [1.807, 2.05) is 6.08 Å². The molecular formula is C60H105NO10. The summed E-state index contributed by atoms with van der Waals surface area (Å²) < 4.78 is 17.5. The van der Waals surface area contributed by atoms with Crippen LogP contribution in [0.4, 0.5) is 0 Å². The summed E-state index contributed by atoms with van der Waals surface area (Å²) in [5.41, 5.74) is 0. The molecule has 1 saturated heterocycles. The van der Waals surface area contributed by atoms with E-state index in [2.05, 4.69) is 86.8 Å². The van der Waals surface area contributed by atoms with Gasteiger partial charge in [-0.25, -0.2) is 0 Å². The van der Waals surface area contributed by atoms with Gasteiger partial charge < -0.3 is 45.1 Å². The molecule has 6 N–H and O–H groups in total. The average molecular weight is 1000 g/mol. The number of allylic oxidation sites excluding steroid dienone is 11. The largest absolute Gasteiger partial charge is 0.454 e. The minimum Gasteiger partial charge on any atom is -0.454 e. The summed E-state index contributed by atoms with van der Waals surface area (Å²) in [5.74, 6) is -1.23. The van der Waals surface area contributed by atoms with Crippen molar-refractivity contribution in [2.75, 3.05) is 13.2 Å². The van der Waals surface area contributed by atoms with Crippen molar-refractivity contribution in [2.45, 2.75) is 282 Å². The first-order valence-corrected chi connectivity index (χ1v) is 28.7. The van der Waals surface area contributed by atoms with Crippen LogP contribution < -0.4 is 5.32 Å². The molecule has 0 aliphatic carbocycles. The summed E-state index contributed by atoms with van der Waals surface area (Å²) in [6.45, 7) is 5.63. The Balaban J connectivity index is 2.77. The molecule has 1 aliphatic heterocycles. The maximum atomic E-state index is 13.4. The van der Waals surface area contributed by atoms with Crippen molar-refractivity contribution in [3.05, 3.63) is 72.9 Å². The molecular weight excluding hydrogens is 895 g/mol. The van der Waals surface area contributed by atoms with Gasteiger partial charge >= 0.3 is 5.97 Å². The third-order valence-electron chi connectivity index (χ3n) is 13.1. The normalized spacial score (nSPS) is 20.1. The van der Waals surface area contributed by atoms with Crippen LogP contribution in [0.5, 0.6) is 0 Å². The van der Waals surface area contributed by atoms with E-state index in [1.54, 1.807) is 6.08 Å². The molecule has 71 heavy (non-hydrogen) atoms. The summed E-state index contributed by atoms with van der Waals surface area (Å²) in [6, 6.07) is -1.04. The number of aliphatic hydroxyl groups is 5. The molecule has 1 rings (SSSR count). The molecule has 1 fully saturated rings. The number of ether oxygens (including phenoxy) is 3. The molecule has 0 aromatic heterocycles. The molecule has 410 valence electrons. The number of carbonyl (C=O) groups excluding carboxylic acids is 2. The number of amides is 1. The van der Waals surface area contributed by atoms with Crippen molar-refractivity contribution in [1.29, 1.82) is 0 Å². The topological polar surface area (TPSA) is 175 Å². The van der Waals surface area contributed by atoms with Gasteiger partial charge in [-0.2, -0.15) is 0 Å². The number of hydrogen-bond acceptors (Lipinski definition) is 10.